The maximum absolute atomic E-state index is 10.3. The molecule has 1 aliphatic heterocycles. The van der Waals surface area contributed by atoms with Crippen LogP contribution in [0, 0.1) is 11.8 Å². The van der Waals surface area contributed by atoms with Crippen molar-refractivity contribution in [2.45, 2.75) is 96.9 Å². The smallest absolute Gasteiger partial charge is 0.163 e. The van der Waals surface area contributed by atoms with E-state index in [2.05, 4.69) is 26.8 Å². The van der Waals surface area contributed by atoms with Gasteiger partial charge in [0.05, 0.1) is 17.8 Å². The van der Waals surface area contributed by atoms with Gasteiger partial charge in [-0.1, -0.05) is 32.4 Å². The molecule has 2 N–H and O–H groups in total. The van der Waals surface area contributed by atoms with Crippen LogP contribution in [0.25, 0.3) is 0 Å². The summed E-state index contributed by atoms with van der Waals surface area (Å²) in [5.74, 6) is 0.232. The van der Waals surface area contributed by atoms with Gasteiger partial charge in [-0.05, 0) is 51.9 Å². The molecule has 1 fully saturated rings. The summed E-state index contributed by atoms with van der Waals surface area (Å²) in [6.45, 7) is 10.4. The standard InChI is InChI=1S/C19H34O4/c1-6-15-17(21)16(20)13(4)18(22-15)23-19(5,7-2)14-10-8-12(3)9-11-14/h8,13-18,20-21H,6-7,9-11H2,1-5H3/t13-,14-,15-,16-,17-,18+,19?/m1/s1. The van der Waals surface area contributed by atoms with Gasteiger partial charge in [-0.2, -0.15) is 0 Å². The van der Waals surface area contributed by atoms with E-state index in [0.717, 1.165) is 25.7 Å². The van der Waals surface area contributed by atoms with Gasteiger partial charge in [0.15, 0.2) is 6.29 Å². The zero-order chi connectivity index (χ0) is 17.2. The molecule has 2 aliphatic rings. The Balaban J connectivity index is 2.10. The Hall–Kier alpha value is -0.420. The molecular weight excluding hydrogens is 292 g/mol. The molecule has 4 nitrogen and oxygen atoms in total. The highest BCUT2D eigenvalue weighted by Gasteiger charge is 2.45. The summed E-state index contributed by atoms with van der Waals surface area (Å²) in [7, 11) is 0. The van der Waals surface area contributed by atoms with Gasteiger partial charge in [-0.15, -0.1) is 0 Å². The summed E-state index contributed by atoms with van der Waals surface area (Å²) in [6.07, 6.45) is 4.75. The average Bonchev–Trinajstić information content (AvgIpc) is 2.55. The topological polar surface area (TPSA) is 58.9 Å². The van der Waals surface area contributed by atoms with Gasteiger partial charge < -0.3 is 19.7 Å². The number of hydrogen-bond donors (Lipinski definition) is 2. The predicted molar refractivity (Wildman–Crippen MR) is 91.0 cm³/mol. The van der Waals surface area contributed by atoms with E-state index in [-0.39, 0.29) is 17.6 Å². The van der Waals surface area contributed by atoms with Crippen LogP contribution in [-0.4, -0.2) is 40.4 Å². The molecule has 0 radical (unpaired) electrons. The van der Waals surface area contributed by atoms with E-state index in [9.17, 15) is 10.2 Å². The van der Waals surface area contributed by atoms with Crippen molar-refractivity contribution >= 4 is 0 Å². The van der Waals surface area contributed by atoms with Gasteiger partial charge in [0.25, 0.3) is 0 Å². The highest BCUT2D eigenvalue weighted by molar-refractivity contribution is 5.06. The van der Waals surface area contributed by atoms with Gasteiger partial charge in [0, 0.05) is 5.92 Å². The summed E-state index contributed by atoms with van der Waals surface area (Å²) < 4.78 is 12.4. The van der Waals surface area contributed by atoms with Crippen LogP contribution in [0.2, 0.25) is 0 Å². The molecule has 0 aromatic carbocycles. The first-order chi connectivity index (χ1) is 10.8. The van der Waals surface area contributed by atoms with Crippen LogP contribution in [0.5, 0.6) is 0 Å². The molecule has 1 saturated heterocycles. The minimum Gasteiger partial charge on any atom is -0.390 e. The maximum atomic E-state index is 10.3. The van der Waals surface area contributed by atoms with Gasteiger partial charge in [0.1, 0.15) is 6.10 Å². The van der Waals surface area contributed by atoms with Crippen LogP contribution in [0.3, 0.4) is 0 Å². The first-order valence-corrected chi connectivity index (χ1v) is 9.17. The van der Waals surface area contributed by atoms with Gasteiger partial charge in [0.2, 0.25) is 0 Å². The molecule has 4 heteroatoms. The molecule has 1 unspecified atom stereocenters. The summed E-state index contributed by atoms with van der Waals surface area (Å²) in [4.78, 5) is 0. The zero-order valence-corrected chi connectivity index (χ0v) is 15.3. The Morgan fingerprint density at radius 2 is 2.00 bits per heavy atom. The second kappa shape index (κ2) is 7.64. The van der Waals surface area contributed by atoms with Crippen LogP contribution < -0.4 is 0 Å². The molecule has 7 atom stereocenters. The molecule has 0 saturated carbocycles. The number of hydrogen-bond acceptors (Lipinski definition) is 4. The molecular formula is C19H34O4. The molecule has 1 aliphatic carbocycles. The van der Waals surface area contributed by atoms with Crippen molar-refractivity contribution in [3.63, 3.8) is 0 Å². The van der Waals surface area contributed by atoms with Crippen LogP contribution in [-0.2, 0) is 9.47 Å². The summed E-state index contributed by atoms with van der Waals surface area (Å²) >= 11 is 0. The Kier molecular flexibility index (Phi) is 6.28. The van der Waals surface area contributed by atoms with Gasteiger partial charge >= 0.3 is 0 Å². The Labute approximate surface area is 140 Å². The first-order valence-electron chi connectivity index (χ1n) is 9.17. The van der Waals surface area contributed by atoms with E-state index in [0.29, 0.717) is 12.3 Å². The lowest BCUT2D eigenvalue weighted by Crippen LogP contribution is -2.56. The van der Waals surface area contributed by atoms with Crippen molar-refractivity contribution in [2.24, 2.45) is 11.8 Å². The number of rotatable bonds is 5. The van der Waals surface area contributed by atoms with Crippen molar-refractivity contribution in [3.05, 3.63) is 11.6 Å². The fraction of sp³-hybridized carbons (Fsp3) is 0.895. The van der Waals surface area contributed by atoms with E-state index >= 15 is 0 Å². The highest BCUT2D eigenvalue weighted by atomic mass is 16.7. The van der Waals surface area contributed by atoms with E-state index in [1.165, 1.54) is 5.57 Å². The maximum Gasteiger partial charge on any atom is 0.163 e. The third kappa shape index (κ3) is 3.98. The van der Waals surface area contributed by atoms with E-state index in [1.807, 2.05) is 13.8 Å². The molecule has 23 heavy (non-hydrogen) atoms. The lowest BCUT2D eigenvalue weighted by molar-refractivity contribution is -0.313. The second-order valence-electron chi connectivity index (χ2n) is 7.60. The van der Waals surface area contributed by atoms with Crippen molar-refractivity contribution in [1.82, 2.24) is 0 Å². The van der Waals surface area contributed by atoms with Gasteiger partial charge in [-0.25, -0.2) is 0 Å². The number of aliphatic hydroxyl groups is 2. The summed E-state index contributed by atoms with van der Waals surface area (Å²) in [6, 6.07) is 0. The van der Waals surface area contributed by atoms with Crippen LogP contribution >= 0.6 is 0 Å². The normalized spacial score (nSPS) is 41.3. The van der Waals surface area contributed by atoms with Crippen LogP contribution in [0.1, 0.15) is 66.7 Å². The molecule has 0 bridgehead atoms. The monoisotopic (exact) mass is 326 g/mol. The molecule has 1 heterocycles. The fourth-order valence-electron chi connectivity index (χ4n) is 3.79. The predicted octanol–water partition coefficient (Wildman–Crippen LogP) is 3.41. The quantitative estimate of drug-likeness (QED) is 0.760. The molecule has 2 rings (SSSR count). The number of ether oxygens (including phenoxy) is 2. The SMILES string of the molecule is CC[C@H]1O[C@@H](OC(C)(CC)[C@@H]2CC=C(C)CC2)[C@H](C)[C@@H](O)[C@@H]1O. The Morgan fingerprint density at radius 3 is 2.52 bits per heavy atom. The van der Waals surface area contributed by atoms with E-state index < -0.39 is 18.5 Å². The minimum absolute atomic E-state index is 0.237. The summed E-state index contributed by atoms with van der Waals surface area (Å²) in [5.41, 5.74) is 1.20. The van der Waals surface area contributed by atoms with Crippen molar-refractivity contribution in [3.8, 4) is 0 Å². The van der Waals surface area contributed by atoms with Crippen molar-refractivity contribution in [2.75, 3.05) is 0 Å². The zero-order valence-electron chi connectivity index (χ0n) is 15.3. The lowest BCUT2D eigenvalue weighted by atomic mass is 9.77. The first kappa shape index (κ1) is 18.9. The molecule has 0 aromatic rings. The number of aliphatic hydroxyl groups excluding tert-OH is 2. The summed E-state index contributed by atoms with van der Waals surface area (Å²) in [5, 5.41) is 20.4. The highest BCUT2D eigenvalue weighted by Crippen LogP contribution is 2.40. The number of allylic oxidation sites excluding steroid dienone is 2. The molecule has 0 aromatic heterocycles. The minimum atomic E-state index is -0.831. The molecule has 0 spiro atoms. The van der Waals surface area contributed by atoms with Crippen LogP contribution in [0.15, 0.2) is 11.6 Å². The molecule has 134 valence electrons. The van der Waals surface area contributed by atoms with E-state index in [4.69, 9.17) is 9.47 Å². The third-order valence-electron chi connectivity index (χ3n) is 6.00. The van der Waals surface area contributed by atoms with Crippen molar-refractivity contribution in [1.29, 1.82) is 0 Å². The largest absolute Gasteiger partial charge is 0.390 e. The van der Waals surface area contributed by atoms with Crippen LogP contribution in [0.4, 0.5) is 0 Å². The van der Waals surface area contributed by atoms with Gasteiger partial charge in [-0.3, -0.25) is 0 Å². The van der Waals surface area contributed by atoms with E-state index in [1.54, 1.807) is 0 Å². The Bertz CT molecular complexity index is 420. The molecule has 0 amide bonds. The lowest BCUT2D eigenvalue weighted by Gasteiger charge is -2.47. The average molecular weight is 326 g/mol. The van der Waals surface area contributed by atoms with Crippen molar-refractivity contribution < 1.29 is 19.7 Å². The third-order valence-corrected chi connectivity index (χ3v) is 6.00. The fourth-order valence-corrected chi connectivity index (χ4v) is 3.79. The Morgan fingerprint density at radius 1 is 1.30 bits per heavy atom. The second-order valence-corrected chi connectivity index (χ2v) is 7.60.